The van der Waals surface area contributed by atoms with E-state index < -0.39 is 37.5 Å². The van der Waals surface area contributed by atoms with Gasteiger partial charge >= 0.3 is 12.8 Å². The fourth-order valence-electron chi connectivity index (χ4n) is 2.50. The van der Waals surface area contributed by atoms with E-state index in [1.807, 2.05) is 13.8 Å². The zero-order chi connectivity index (χ0) is 21.8. The van der Waals surface area contributed by atoms with E-state index in [2.05, 4.69) is 10.6 Å². The van der Waals surface area contributed by atoms with Gasteiger partial charge in [-0.3, -0.25) is 0 Å². The summed E-state index contributed by atoms with van der Waals surface area (Å²) in [5.41, 5.74) is 0.493. The fourth-order valence-corrected chi connectivity index (χ4v) is 4.14. The van der Waals surface area contributed by atoms with Gasteiger partial charge in [-0.15, -0.1) is 0 Å². The number of anilines is 1. The highest BCUT2D eigenvalue weighted by molar-refractivity contribution is 8.54. The molecule has 0 unspecified atom stereocenters. The van der Waals surface area contributed by atoms with E-state index in [-0.39, 0.29) is 35.0 Å². The minimum absolute atomic E-state index is 0.0268. The Bertz CT molecular complexity index is 730. The smallest absolute Gasteiger partial charge is 0.384 e. The highest BCUT2D eigenvalue weighted by Crippen LogP contribution is 2.51. The number of rotatable bonds is 7. The van der Waals surface area contributed by atoms with Crippen LogP contribution in [0.1, 0.15) is 13.8 Å². The molecular formula is C16H25N2O9PS. The third-order valence-electron chi connectivity index (χ3n) is 3.86. The maximum Gasteiger partial charge on any atom is 0.384 e. The fraction of sp³-hybridized carbons (Fsp3) is 0.562. The predicted molar refractivity (Wildman–Crippen MR) is 106 cm³/mol. The summed E-state index contributed by atoms with van der Waals surface area (Å²) in [5.74, 6) is -0.0723. The summed E-state index contributed by atoms with van der Waals surface area (Å²) < 4.78 is 21.9. The number of aliphatic hydroxyl groups is 3. The molecule has 1 aliphatic heterocycles. The number of amides is 2. The van der Waals surface area contributed by atoms with Crippen LogP contribution in [0.2, 0.25) is 0 Å². The van der Waals surface area contributed by atoms with Gasteiger partial charge in [0.1, 0.15) is 24.1 Å². The highest BCUT2D eigenvalue weighted by Gasteiger charge is 2.45. The molecule has 0 bridgehead atoms. The van der Waals surface area contributed by atoms with Crippen molar-refractivity contribution >= 4 is 29.9 Å². The number of hydrogen-bond acceptors (Lipinski definition) is 8. The van der Waals surface area contributed by atoms with Gasteiger partial charge in [0.05, 0.1) is 6.10 Å². The van der Waals surface area contributed by atoms with E-state index >= 15 is 0 Å². The summed E-state index contributed by atoms with van der Waals surface area (Å²) in [6.07, 6.45) is -7.31. The van der Waals surface area contributed by atoms with Gasteiger partial charge in [-0.25, -0.2) is 9.36 Å². The monoisotopic (exact) mass is 452 g/mol. The summed E-state index contributed by atoms with van der Waals surface area (Å²) in [6, 6.07) is 5.70. The molecular weight excluding hydrogens is 427 g/mol. The van der Waals surface area contributed by atoms with Gasteiger partial charge < -0.3 is 45.2 Å². The Balaban J connectivity index is 1.99. The Morgan fingerprint density at radius 1 is 1.17 bits per heavy atom. The lowest BCUT2D eigenvalue weighted by molar-refractivity contribution is -0.266. The Labute approximate surface area is 171 Å². The summed E-state index contributed by atoms with van der Waals surface area (Å²) in [7, 11) is 0. The van der Waals surface area contributed by atoms with Crippen LogP contribution in [0.4, 0.5) is 10.5 Å². The first kappa shape index (κ1) is 23.9. The summed E-state index contributed by atoms with van der Waals surface area (Å²) in [5, 5.41) is 35.3. The standard InChI is InChI=1S/C16H25N2O9PS/c1-8(2)17-16(22)18-9-3-5-10(6-4-9)26-15-14(21)13(20)12(19)11(27-15)7-29-28(23,24)25/h3-6,8,11-15,19-21H,7H2,1-2H3,(H2,17,18,22)(H2,23,24,25)/t11-,12-,13+,14+,15+/m1/s1. The summed E-state index contributed by atoms with van der Waals surface area (Å²) in [6.45, 7) is -0.761. The van der Waals surface area contributed by atoms with Gasteiger partial charge in [-0.2, -0.15) is 0 Å². The van der Waals surface area contributed by atoms with Crippen molar-refractivity contribution in [3.8, 4) is 5.75 Å². The van der Waals surface area contributed by atoms with Crippen molar-refractivity contribution in [3.05, 3.63) is 24.3 Å². The second-order valence-electron chi connectivity index (χ2n) is 6.70. The van der Waals surface area contributed by atoms with Crippen LogP contribution in [0.5, 0.6) is 5.75 Å². The molecule has 2 rings (SSSR count). The quantitative estimate of drug-likeness (QED) is 0.283. The molecule has 164 valence electrons. The first-order valence-corrected chi connectivity index (χ1v) is 11.9. The topological polar surface area (TPSA) is 178 Å². The van der Waals surface area contributed by atoms with E-state index in [1.54, 1.807) is 12.1 Å². The highest BCUT2D eigenvalue weighted by atomic mass is 32.7. The van der Waals surface area contributed by atoms with Crippen molar-refractivity contribution in [2.24, 2.45) is 0 Å². The molecule has 0 radical (unpaired) electrons. The first-order chi connectivity index (χ1) is 13.5. The van der Waals surface area contributed by atoms with Crippen LogP contribution >= 0.6 is 18.2 Å². The number of benzene rings is 1. The molecule has 1 aromatic rings. The average Bonchev–Trinajstić information content (AvgIpc) is 2.61. The number of ether oxygens (including phenoxy) is 2. The lowest BCUT2D eigenvalue weighted by Gasteiger charge is -2.40. The molecule has 5 atom stereocenters. The van der Waals surface area contributed by atoms with Crippen LogP contribution in [-0.4, -0.2) is 73.6 Å². The maximum absolute atomic E-state index is 11.7. The van der Waals surface area contributed by atoms with Gasteiger partial charge in [0.2, 0.25) is 6.29 Å². The lowest BCUT2D eigenvalue weighted by atomic mass is 10.00. The van der Waals surface area contributed by atoms with E-state index in [1.165, 1.54) is 12.1 Å². The zero-order valence-electron chi connectivity index (χ0n) is 15.7. The summed E-state index contributed by atoms with van der Waals surface area (Å²) in [4.78, 5) is 29.6. The minimum Gasteiger partial charge on any atom is -0.462 e. The molecule has 1 heterocycles. The van der Waals surface area contributed by atoms with Crippen molar-refractivity contribution in [2.75, 3.05) is 11.1 Å². The molecule has 0 saturated carbocycles. The molecule has 2 amide bonds. The number of aliphatic hydroxyl groups excluding tert-OH is 3. The maximum atomic E-state index is 11.7. The molecule has 11 nitrogen and oxygen atoms in total. The van der Waals surface area contributed by atoms with Crippen LogP contribution in [0.15, 0.2) is 24.3 Å². The molecule has 1 aromatic carbocycles. The molecule has 1 saturated heterocycles. The van der Waals surface area contributed by atoms with Gasteiger partial charge in [-0.1, -0.05) is 0 Å². The molecule has 7 N–H and O–H groups in total. The van der Waals surface area contributed by atoms with E-state index in [9.17, 15) is 24.7 Å². The Hall–Kier alpha value is -1.37. The molecule has 13 heteroatoms. The SMILES string of the molecule is CC(C)NC(=O)Nc1ccc(O[C@H]2O[C@H](CSP(=O)(O)O)[C@@H](O)[C@H](O)[C@@H]2O)cc1. The Kier molecular flexibility index (Phi) is 8.32. The van der Waals surface area contributed by atoms with E-state index in [4.69, 9.17) is 19.3 Å². The predicted octanol–water partition coefficient (Wildman–Crippen LogP) is 0.229. The van der Waals surface area contributed by atoms with Crippen LogP contribution in [0.3, 0.4) is 0 Å². The van der Waals surface area contributed by atoms with Crippen molar-refractivity contribution < 1.29 is 43.9 Å². The van der Waals surface area contributed by atoms with Crippen molar-refractivity contribution in [3.63, 3.8) is 0 Å². The van der Waals surface area contributed by atoms with Gasteiger partial charge in [-0.05, 0) is 49.5 Å². The number of nitrogens with one attached hydrogen (secondary N) is 2. The van der Waals surface area contributed by atoms with Gasteiger partial charge in [0.15, 0.2) is 0 Å². The van der Waals surface area contributed by atoms with Crippen molar-refractivity contribution in [1.29, 1.82) is 0 Å². The molecule has 29 heavy (non-hydrogen) atoms. The third-order valence-corrected chi connectivity index (χ3v) is 6.13. The van der Waals surface area contributed by atoms with Gasteiger partial charge in [0.25, 0.3) is 0 Å². The average molecular weight is 452 g/mol. The van der Waals surface area contributed by atoms with Crippen LogP contribution in [0, 0.1) is 0 Å². The molecule has 1 fully saturated rings. The van der Waals surface area contributed by atoms with E-state index in [0.717, 1.165) is 0 Å². The minimum atomic E-state index is -4.41. The largest absolute Gasteiger partial charge is 0.462 e. The lowest BCUT2D eigenvalue weighted by Crippen LogP contribution is -2.59. The first-order valence-electron chi connectivity index (χ1n) is 8.70. The van der Waals surface area contributed by atoms with E-state index in [0.29, 0.717) is 5.69 Å². The molecule has 0 aromatic heterocycles. The van der Waals surface area contributed by atoms with Crippen molar-refractivity contribution in [2.45, 2.75) is 50.6 Å². The number of carbonyl (C=O) groups excluding carboxylic acids is 1. The van der Waals surface area contributed by atoms with Crippen LogP contribution < -0.4 is 15.4 Å². The van der Waals surface area contributed by atoms with Crippen LogP contribution in [0.25, 0.3) is 0 Å². The molecule has 0 spiro atoms. The summed E-state index contributed by atoms with van der Waals surface area (Å²) >= 11 is 0.254. The second-order valence-corrected chi connectivity index (χ2v) is 10.5. The third kappa shape index (κ3) is 7.43. The Morgan fingerprint density at radius 2 is 1.79 bits per heavy atom. The van der Waals surface area contributed by atoms with Crippen LogP contribution in [-0.2, 0) is 9.30 Å². The zero-order valence-corrected chi connectivity index (χ0v) is 17.4. The second kappa shape index (κ2) is 10.1. The number of urea groups is 1. The Morgan fingerprint density at radius 3 is 2.34 bits per heavy atom. The number of carbonyl (C=O) groups is 1. The number of hydrogen-bond donors (Lipinski definition) is 7. The normalized spacial score (nSPS) is 27.5. The van der Waals surface area contributed by atoms with Crippen molar-refractivity contribution in [1.82, 2.24) is 5.32 Å². The molecule has 1 aliphatic rings. The van der Waals surface area contributed by atoms with Gasteiger partial charge in [0, 0.05) is 17.5 Å². The molecule has 0 aliphatic carbocycles.